The molecule has 0 saturated carbocycles. The molecular formula is C15H21N3O5. The number of carbonyl (C=O) groups is 2. The van der Waals surface area contributed by atoms with Gasteiger partial charge in [-0.1, -0.05) is 24.2 Å². The molecule has 0 aliphatic rings. The zero-order valence-electron chi connectivity index (χ0n) is 12.9. The van der Waals surface area contributed by atoms with Gasteiger partial charge >= 0.3 is 0 Å². The summed E-state index contributed by atoms with van der Waals surface area (Å²) in [5.74, 6) is -0.674. The van der Waals surface area contributed by atoms with E-state index in [9.17, 15) is 9.59 Å². The normalized spacial score (nSPS) is 10.5. The molecule has 0 atom stereocenters. The number of aliphatic hydroxyl groups excluding tert-OH is 1. The maximum atomic E-state index is 11.7. The molecule has 0 unspecified atom stereocenters. The first kappa shape index (κ1) is 18.6. The molecule has 8 heteroatoms. The van der Waals surface area contributed by atoms with Gasteiger partial charge in [0.25, 0.3) is 11.8 Å². The Balaban J connectivity index is 2.45. The third-order valence-corrected chi connectivity index (χ3v) is 2.55. The lowest BCUT2D eigenvalue weighted by Gasteiger charge is -2.05. The van der Waals surface area contributed by atoms with Gasteiger partial charge in [0.2, 0.25) is 0 Å². The number of oxime groups is 1. The predicted molar refractivity (Wildman–Crippen MR) is 83.8 cm³/mol. The molecule has 1 rings (SSSR count). The minimum atomic E-state index is -0.437. The molecule has 0 saturated heterocycles. The summed E-state index contributed by atoms with van der Waals surface area (Å²) >= 11 is 0. The van der Waals surface area contributed by atoms with Gasteiger partial charge in [0, 0.05) is 12.1 Å². The smallest absolute Gasteiger partial charge is 0.274 e. The van der Waals surface area contributed by atoms with Gasteiger partial charge in [0.15, 0.2) is 6.61 Å². The van der Waals surface area contributed by atoms with Crippen molar-refractivity contribution in [2.45, 2.75) is 13.3 Å². The predicted octanol–water partition coefficient (Wildman–Crippen LogP) is 0.217. The van der Waals surface area contributed by atoms with Crippen LogP contribution in [0, 0.1) is 0 Å². The number of nitrogens with zero attached hydrogens (tertiary/aromatic N) is 1. The van der Waals surface area contributed by atoms with E-state index in [4.69, 9.17) is 14.8 Å². The molecule has 23 heavy (non-hydrogen) atoms. The van der Waals surface area contributed by atoms with Gasteiger partial charge in [0.05, 0.1) is 19.4 Å². The Morgan fingerprint density at radius 3 is 2.96 bits per heavy atom. The van der Waals surface area contributed by atoms with E-state index in [0.29, 0.717) is 17.7 Å². The Morgan fingerprint density at radius 2 is 2.22 bits per heavy atom. The van der Waals surface area contributed by atoms with Crippen LogP contribution in [0.15, 0.2) is 29.4 Å². The number of hydroxylamine groups is 1. The van der Waals surface area contributed by atoms with Crippen molar-refractivity contribution in [1.29, 1.82) is 0 Å². The molecule has 2 amide bonds. The highest BCUT2D eigenvalue weighted by atomic mass is 16.7. The Kier molecular flexibility index (Phi) is 9.03. The van der Waals surface area contributed by atoms with Crippen molar-refractivity contribution in [3.63, 3.8) is 0 Å². The van der Waals surface area contributed by atoms with Crippen molar-refractivity contribution >= 4 is 18.0 Å². The van der Waals surface area contributed by atoms with Crippen molar-refractivity contribution in [3.05, 3.63) is 35.4 Å². The summed E-state index contributed by atoms with van der Waals surface area (Å²) < 4.78 is 0. The summed E-state index contributed by atoms with van der Waals surface area (Å²) in [4.78, 5) is 32.7. The van der Waals surface area contributed by atoms with E-state index in [1.807, 2.05) is 6.92 Å². The van der Waals surface area contributed by atoms with Crippen LogP contribution in [0.25, 0.3) is 0 Å². The molecule has 0 fully saturated rings. The minimum absolute atomic E-state index is 0.0147. The lowest BCUT2D eigenvalue weighted by atomic mass is 10.1. The first-order valence-corrected chi connectivity index (χ1v) is 7.22. The standard InChI is InChI=1S/C15H21N3O5/c1-2-6-16-14(20)11-23-17-10-12-4-3-5-13(9-12)15(21)18-22-8-7-19/h3-5,9-10,19H,2,6-8,11H2,1H3,(H,16,20)(H,18,21). The molecule has 3 N–H and O–H groups in total. The highest BCUT2D eigenvalue weighted by Gasteiger charge is 2.05. The van der Waals surface area contributed by atoms with Gasteiger partial charge in [-0.15, -0.1) is 0 Å². The Morgan fingerprint density at radius 1 is 1.39 bits per heavy atom. The number of nitrogens with one attached hydrogen (secondary N) is 2. The van der Waals surface area contributed by atoms with Crippen LogP contribution in [0.5, 0.6) is 0 Å². The third kappa shape index (κ3) is 7.93. The number of amides is 2. The van der Waals surface area contributed by atoms with Gasteiger partial charge in [-0.2, -0.15) is 0 Å². The molecule has 126 valence electrons. The van der Waals surface area contributed by atoms with E-state index < -0.39 is 5.91 Å². The van der Waals surface area contributed by atoms with Crippen LogP contribution in [0.2, 0.25) is 0 Å². The quantitative estimate of drug-likeness (QED) is 0.324. The summed E-state index contributed by atoms with van der Waals surface area (Å²) in [7, 11) is 0. The average Bonchev–Trinajstić information content (AvgIpc) is 2.57. The number of hydrogen-bond acceptors (Lipinski definition) is 6. The van der Waals surface area contributed by atoms with Crippen molar-refractivity contribution in [2.75, 3.05) is 26.4 Å². The fourth-order valence-electron chi connectivity index (χ4n) is 1.49. The first-order valence-electron chi connectivity index (χ1n) is 7.22. The minimum Gasteiger partial charge on any atom is -0.394 e. The molecule has 1 aromatic carbocycles. The average molecular weight is 323 g/mol. The van der Waals surface area contributed by atoms with E-state index in [0.717, 1.165) is 6.42 Å². The second kappa shape index (κ2) is 11.2. The van der Waals surface area contributed by atoms with E-state index in [1.165, 1.54) is 6.21 Å². The molecule has 0 bridgehead atoms. The number of hydrogen-bond donors (Lipinski definition) is 3. The van der Waals surface area contributed by atoms with Crippen LogP contribution in [-0.2, 0) is 14.5 Å². The first-order chi connectivity index (χ1) is 11.2. The summed E-state index contributed by atoms with van der Waals surface area (Å²) in [6.45, 7) is 2.22. The highest BCUT2D eigenvalue weighted by Crippen LogP contribution is 2.03. The monoisotopic (exact) mass is 323 g/mol. The van der Waals surface area contributed by atoms with Crippen LogP contribution < -0.4 is 10.8 Å². The summed E-state index contributed by atoms with van der Waals surface area (Å²) in [5, 5.41) is 14.9. The molecule has 1 aromatic rings. The van der Waals surface area contributed by atoms with E-state index in [-0.39, 0.29) is 25.7 Å². The summed E-state index contributed by atoms with van der Waals surface area (Å²) in [6.07, 6.45) is 2.25. The van der Waals surface area contributed by atoms with Crippen LogP contribution in [-0.4, -0.2) is 49.5 Å². The van der Waals surface area contributed by atoms with Crippen LogP contribution >= 0.6 is 0 Å². The zero-order chi connectivity index (χ0) is 16.9. The third-order valence-electron chi connectivity index (χ3n) is 2.55. The van der Waals surface area contributed by atoms with Gasteiger partial charge < -0.3 is 15.3 Å². The Hall–Kier alpha value is -2.45. The molecule has 0 spiro atoms. The largest absolute Gasteiger partial charge is 0.394 e. The second-order valence-corrected chi connectivity index (χ2v) is 4.49. The summed E-state index contributed by atoms with van der Waals surface area (Å²) in [6, 6.07) is 6.60. The van der Waals surface area contributed by atoms with Crippen molar-refractivity contribution < 1.29 is 24.4 Å². The molecular weight excluding hydrogens is 302 g/mol. The molecule has 0 aliphatic carbocycles. The Bertz CT molecular complexity index is 534. The number of rotatable bonds is 10. The summed E-state index contributed by atoms with van der Waals surface area (Å²) in [5.41, 5.74) is 3.20. The fraction of sp³-hybridized carbons (Fsp3) is 0.400. The van der Waals surface area contributed by atoms with Gasteiger partial charge in [0.1, 0.15) is 0 Å². The topological polar surface area (TPSA) is 109 Å². The van der Waals surface area contributed by atoms with E-state index in [2.05, 4.69) is 16.0 Å². The van der Waals surface area contributed by atoms with Crippen molar-refractivity contribution in [2.24, 2.45) is 5.16 Å². The lowest BCUT2D eigenvalue weighted by Crippen LogP contribution is -2.27. The molecule has 8 nitrogen and oxygen atoms in total. The fourth-order valence-corrected chi connectivity index (χ4v) is 1.49. The number of aliphatic hydroxyl groups is 1. The van der Waals surface area contributed by atoms with Crippen LogP contribution in [0.1, 0.15) is 29.3 Å². The van der Waals surface area contributed by atoms with Gasteiger partial charge in [-0.3, -0.25) is 14.4 Å². The van der Waals surface area contributed by atoms with Crippen molar-refractivity contribution in [3.8, 4) is 0 Å². The van der Waals surface area contributed by atoms with Crippen LogP contribution in [0.3, 0.4) is 0 Å². The van der Waals surface area contributed by atoms with Crippen molar-refractivity contribution in [1.82, 2.24) is 10.8 Å². The van der Waals surface area contributed by atoms with Gasteiger partial charge in [-0.25, -0.2) is 5.48 Å². The lowest BCUT2D eigenvalue weighted by molar-refractivity contribution is -0.125. The highest BCUT2D eigenvalue weighted by molar-refractivity contribution is 5.95. The van der Waals surface area contributed by atoms with E-state index in [1.54, 1.807) is 24.3 Å². The Labute approximate surface area is 134 Å². The SMILES string of the molecule is CCCNC(=O)CON=Cc1cccc(C(=O)NOCCO)c1. The zero-order valence-corrected chi connectivity index (χ0v) is 12.9. The molecule has 0 aromatic heterocycles. The van der Waals surface area contributed by atoms with Crippen LogP contribution in [0.4, 0.5) is 0 Å². The molecule has 0 aliphatic heterocycles. The molecule has 0 heterocycles. The van der Waals surface area contributed by atoms with E-state index >= 15 is 0 Å². The second-order valence-electron chi connectivity index (χ2n) is 4.49. The van der Waals surface area contributed by atoms with Gasteiger partial charge in [-0.05, 0) is 24.1 Å². The number of benzene rings is 1. The maximum Gasteiger partial charge on any atom is 0.274 e. The maximum absolute atomic E-state index is 11.7. The number of carbonyl (C=O) groups excluding carboxylic acids is 2. The molecule has 0 radical (unpaired) electrons.